The van der Waals surface area contributed by atoms with Crippen molar-refractivity contribution in [3.05, 3.63) is 58.2 Å². The lowest BCUT2D eigenvalue weighted by Crippen LogP contribution is -2.25. The molecular formula is C18H12I3O6-. The zero-order valence-electron chi connectivity index (χ0n) is 13.6. The van der Waals surface area contributed by atoms with Gasteiger partial charge < -0.3 is 24.5 Å². The summed E-state index contributed by atoms with van der Waals surface area (Å²) in [5.74, 6) is -1.77. The first-order chi connectivity index (χ1) is 12.8. The van der Waals surface area contributed by atoms with Crippen LogP contribution in [0.5, 0.6) is 11.5 Å². The summed E-state index contributed by atoms with van der Waals surface area (Å²) >= 11 is 5.85. The van der Waals surface area contributed by atoms with E-state index in [9.17, 15) is 19.8 Å². The molecule has 0 unspecified atom stereocenters. The van der Waals surface area contributed by atoms with E-state index >= 15 is 0 Å². The van der Waals surface area contributed by atoms with Crippen LogP contribution in [0.4, 0.5) is 0 Å². The number of aromatic carboxylic acids is 1. The summed E-state index contributed by atoms with van der Waals surface area (Å²) < 4.78 is 12.4. The minimum Gasteiger partial charge on any atom is -0.545 e. The Labute approximate surface area is 196 Å². The van der Waals surface area contributed by atoms with Crippen molar-refractivity contribution in [2.24, 2.45) is 0 Å². The van der Waals surface area contributed by atoms with E-state index in [1.165, 1.54) is 12.1 Å². The van der Waals surface area contributed by atoms with E-state index in [0.717, 1.165) is 3.57 Å². The summed E-state index contributed by atoms with van der Waals surface area (Å²) in [5, 5.41) is 21.1. The van der Waals surface area contributed by atoms with E-state index in [1.807, 2.05) is 67.8 Å². The van der Waals surface area contributed by atoms with Gasteiger partial charge in [0.05, 0.1) is 13.1 Å². The van der Waals surface area contributed by atoms with E-state index in [1.54, 1.807) is 18.2 Å². The number of hydrogen-bond acceptors (Lipinski definition) is 6. The van der Waals surface area contributed by atoms with Crippen LogP contribution in [0.3, 0.4) is 0 Å². The van der Waals surface area contributed by atoms with Gasteiger partial charge in [0, 0.05) is 9.13 Å². The topological polar surface area (TPSA) is 95.9 Å². The van der Waals surface area contributed by atoms with Gasteiger partial charge in [-0.25, -0.2) is 4.79 Å². The van der Waals surface area contributed by atoms with Crippen molar-refractivity contribution in [1.29, 1.82) is 0 Å². The SMILES string of the molecule is C=Cc1ccc(O)c(C(=O)OCCOc2c(I)cc(I)c(C(=O)[O-])c2I)c1. The van der Waals surface area contributed by atoms with Crippen molar-refractivity contribution >= 4 is 85.8 Å². The van der Waals surface area contributed by atoms with Gasteiger partial charge in [0.1, 0.15) is 30.3 Å². The maximum atomic E-state index is 12.1. The molecule has 2 aromatic carbocycles. The summed E-state index contributed by atoms with van der Waals surface area (Å²) in [7, 11) is 0. The Hall–Kier alpha value is -1.09. The highest BCUT2D eigenvalue weighted by Gasteiger charge is 2.17. The van der Waals surface area contributed by atoms with Crippen LogP contribution in [0, 0.1) is 10.7 Å². The predicted molar refractivity (Wildman–Crippen MR) is 123 cm³/mol. The third-order valence-electron chi connectivity index (χ3n) is 3.37. The van der Waals surface area contributed by atoms with E-state index in [0.29, 0.717) is 18.5 Å². The monoisotopic (exact) mass is 705 g/mol. The van der Waals surface area contributed by atoms with Crippen molar-refractivity contribution < 1.29 is 29.3 Å². The zero-order valence-corrected chi connectivity index (χ0v) is 20.1. The Kier molecular flexibility index (Phi) is 8.15. The molecule has 6 nitrogen and oxygen atoms in total. The molecule has 0 aliphatic heterocycles. The predicted octanol–water partition coefficient (Wildman–Crippen LogP) is 3.45. The fourth-order valence-corrected chi connectivity index (χ4v) is 6.21. The van der Waals surface area contributed by atoms with Gasteiger partial charge in [0.25, 0.3) is 0 Å². The smallest absolute Gasteiger partial charge is 0.342 e. The molecule has 0 bridgehead atoms. The van der Waals surface area contributed by atoms with Gasteiger partial charge >= 0.3 is 5.97 Å². The van der Waals surface area contributed by atoms with E-state index < -0.39 is 11.9 Å². The molecule has 0 aromatic heterocycles. The minimum absolute atomic E-state index is 0.0206. The van der Waals surface area contributed by atoms with Crippen LogP contribution in [0.1, 0.15) is 26.3 Å². The largest absolute Gasteiger partial charge is 0.545 e. The molecule has 0 saturated heterocycles. The molecule has 1 N–H and O–H groups in total. The van der Waals surface area contributed by atoms with Crippen LogP contribution in [-0.4, -0.2) is 30.3 Å². The van der Waals surface area contributed by atoms with Gasteiger partial charge in [-0.15, -0.1) is 0 Å². The Morgan fingerprint density at radius 3 is 2.48 bits per heavy atom. The zero-order chi connectivity index (χ0) is 20.1. The third-order valence-corrected chi connectivity index (χ3v) is 6.05. The lowest BCUT2D eigenvalue weighted by Gasteiger charge is -2.16. The number of aromatic hydroxyl groups is 1. The first-order valence-corrected chi connectivity index (χ1v) is 10.6. The number of benzene rings is 2. The van der Waals surface area contributed by atoms with Crippen molar-refractivity contribution in [3.8, 4) is 11.5 Å². The highest BCUT2D eigenvalue weighted by Crippen LogP contribution is 2.33. The van der Waals surface area contributed by atoms with Gasteiger partial charge in [0.2, 0.25) is 0 Å². The lowest BCUT2D eigenvalue weighted by molar-refractivity contribution is -0.255. The maximum absolute atomic E-state index is 12.1. The van der Waals surface area contributed by atoms with E-state index in [4.69, 9.17) is 9.47 Å². The molecule has 0 amide bonds. The molecule has 2 rings (SSSR count). The number of hydrogen-bond donors (Lipinski definition) is 1. The fraction of sp³-hybridized carbons (Fsp3) is 0.111. The van der Waals surface area contributed by atoms with Gasteiger partial charge in [0.15, 0.2) is 0 Å². The average molecular weight is 705 g/mol. The molecule has 0 aliphatic carbocycles. The lowest BCUT2D eigenvalue weighted by atomic mass is 10.1. The molecular weight excluding hydrogens is 693 g/mol. The summed E-state index contributed by atoms with van der Waals surface area (Å²) in [4.78, 5) is 23.4. The van der Waals surface area contributed by atoms with Crippen molar-refractivity contribution in [3.63, 3.8) is 0 Å². The van der Waals surface area contributed by atoms with E-state index in [2.05, 4.69) is 6.58 Å². The Morgan fingerprint density at radius 1 is 1.15 bits per heavy atom. The van der Waals surface area contributed by atoms with Crippen LogP contribution in [-0.2, 0) is 4.74 Å². The molecule has 2 aromatic rings. The summed E-state index contributed by atoms with van der Waals surface area (Å²) in [5.41, 5.74) is 0.772. The first kappa shape index (κ1) is 22.2. The molecule has 0 radical (unpaired) electrons. The number of phenols is 1. The minimum atomic E-state index is -1.28. The number of carbonyl (C=O) groups is 2. The molecule has 0 spiro atoms. The molecule has 9 heteroatoms. The van der Waals surface area contributed by atoms with Gasteiger partial charge in [-0.3, -0.25) is 0 Å². The van der Waals surface area contributed by atoms with Crippen LogP contribution in [0.25, 0.3) is 6.08 Å². The number of phenolic OH excluding ortho intramolecular Hbond substituents is 1. The highest BCUT2D eigenvalue weighted by molar-refractivity contribution is 14.1. The molecule has 0 fully saturated rings. The summed E-state index contributed by atoms with van der Waals surface area (Å²) in [6.45, 7) is 3.56. The Morgan fingerprint density at radius 2 is 1.85 bits per heavy atom. The average Bonchev–Trinajstić information content (AvgIpc) is 2.60. The number of esters is 1. The summed E-state index contributed by atoms with van der Waals surface area (Å²) in [6.07, 6.45) is 1.55. The second-order valence-corrected chi connectivity index (χ2v) is 8.51. The quantitative estimate of drug-likeness (QED) is 0.270. The highest BCUT2D eigenvalue weighted by atomic mass is 127. The third kappa shape index (κ3) is 5.47. The number of rotatable bonds is 7. The molecule has 0 aliphatic rings. The Bertz CT molecular complexity index is 910. The second-order valence-electron chi connectivity index (χ2n) is 5.11. The van der Waals surface area contributed by atoms with Crippen LogP contribution in [0.15, 0.2) is 30.8 Å². The maximum Gasteiger partial charge on any atom is 0.342 e. The number of ether oxygens (including phenoxy) is 2. The molecule has 0 heterocycles. The Balaban J connectivity index is 2.04. The van der Waals surface area contributed by atoms with Crippen molar-refractivity contribution in [1.82, 2.24) is 0 Å². The molecule has 0 saturated carbocycles. The van der Waals surface area contributed by atoms with Crippen LogP contribution in [0.2, 0.25) is 0 Å². The second kappa shape index (κ2) is 9.91. The standard InChI is InChI=1S/C18H13I3O6/c1-2-9-3-4-13(22)10(7-9)18(25)27-6-5-26-16-12(20)8-11(19)14(15(16)21)17(23)24/h2-4,7-8,22H,1,5-6H2,(H,23,24)/p-1. The fourth-order valence-electron chi connectivity index (χ4n) is 2.09. The van der Waals surface area contributed by atoms with Crippen LogP contribution < -0.4 is 9.84 Å². The number of carboxylic acid groups (broad SMARTS) is 1. The van der Waals surface area contributed by atoms with Crippen molar-refractivity contribution in [2.45, 2.75) is 0 Å². The number of halogens is 3. The normalized spacial score (nSPS) is 10.3. The molecule has 27 heavy (non-hydrogen) atoms. The van der Waals surface area contributed by atoms with Gasteiger partial charge in [-0.2, -0.15) is 0 Å². The first-order valence-electron chi connectivity index (χ1n) is 7.40. The van der Waals surface area contributed by atoms with Gasteiger partial charge in [-0.05, 0) is 91.5 Å². The van der Waals surface area contributed by atoms with Gasteiger partial charge in [-0.1, -0.05) is 18.7 Å². The van der Waals surface area contributed by atoms with Crippen LogP contribution >= 0.6 is 67.8 Å². The number of carboxylic acids is 1. The number of carbonyl (C=O) groups excluding carboxylic acids is 2. The van der Waals surface area contributed by atoms with Crippen molar-refractivity contribution in [2.75, 3.05) is 13.2 Å². The van der Waals surface area contributed by atoms with E-state index in [-0.39, 0.29) is 30.1 Å². The molecule has 0 atom stereocenters. The summed E-state index contributed by atoms with van der Waals surface area (Å²) in [6, 6.07) is 6.16. The molecule has 142 valence electrons.